The highest BCUT2D eigenvalue weighted by atomic mass is 16.5. The van der Waals surface area contributed by atoms with Gasteiger partial charge in [0.1, 0.15) is 11.3 Å². The van der Waals surface area contributed by atoms with Crippen LogP contribution in [0.1, 0.15) is 35.3 Å². The maximum atomic E-state index is 12.8. The van der Waals surface area contributed by atoms with Crippen LogP contribution in [0.5, 0.6) is 5.75 Å². The number of rotatable bonds is 6. The molecule has 0 atom stereocenters. The number of aromatic nitrogens is 1. The number of aryl methyl sites for hydroxylation is 1. The van der Waals surface area contributed by atoms with Gasteiger partial charge in [-0.25, -0.2) is 4.98 Å². The standard InChI is InChI=1S/C26H26N2O3/c1-16(2)15-30-20-11-9-19(10-12-20)25(29)27-22-7-5-6-21(18(22)4)26-28-23-14-17(3)8-13-24(23)31-26/h5-14,16H,15H2,1-4H3,(H,27,29). The minimum absolute atomic E-state index is 0.177. The van der Waals surface area contributed by atoms with Gasteiger partial charge in [-0.3, -0.25) is 4.79 Å². The highest BCUT2D eigenvalue weighted by Crippen LogP contribution is 2.31. The lowest BCUT2D eigenvalue weighted by atomic mass is 10.1. The van der Waals surface area contributed by atoms with Gasteiger partial charge in [0.15, 0.2) is 5.58 Å². The Balaban J connectivity index is 1.54. The number of hydrogen-bond acceptors (Lipinski definition) is 4. The van der Waals surface area contributed by atoms with Crippen molar-refractivity contribution < 1.29 is 13.9 Å². The molecule has 1 N–H and O–H groups in total. The van der Waals surface area contributed by atoms with E-state index in [0.29, 0.717) is 24.0 Å². The van der Waals surface area contributed by atoms with Crippen molar-refractivity contribution in [2.75, 3.05) is 11.9 Å². The van der Waals surface area contributed by atoms with Gasteiger partial charge in [0.2, 0.25) is 5.89 Å². The van der Waals surface area contributed by atoms with Crippen molar-refractivity contribution in [1.29, 1.82) is 0 Å². The molecule has 0 aliphatic heterocycles. The van der Waals surface area contributed by atoms with Gasteiger partial charge in [0.05, 0.1) is 6.61 Å². The van der Waals surface area contributed by atoms with Crippen molar-refractivity contribution >= 4 is 22.7 Å². The highest BCUT2D eigenvalue weighted by molar-refractivity contribution is 6.05. The molecule has 0 saturated heterocycles. The molecule has 0 unspecified atom stereocenters. The average Bonchev–Trinajstić information content (AvgIpc) is 3.17. The Morgan fingerprint density at radius 2 is 1.84 bits per heavy atom. The predicted molar refractivity (Wildman–Crippen MR) is 124 cm³/mol. The largest absolute Gasteiger partial charge is 0.493 e. The van der Waals surface area contributed by atoms with Crippen molar-refractivity contribution in [2.45, 2.75) is 27.7 Å². The zero-order valence-electron chi connectivity index (χ0n) is 18.2. The number of nitrogens with zero attached hydrogens (tertiary/aromatic N) is 1. The number of fused-ring (bicyclic) bond motifs is 1. The fourth-order valence-electron chi connectivity index (χ4n) is 3.32. The molecular formula is C26H26N2O3. The van der Waals surface area contributed by atoms with E-state index in [2.05, 4.69) is 24.1 Å². The number of oxazole rings is 1. The maximum Gasteiger partial charge on any atom is 0.255 e. The molecular weight excluding hydrogens is 388 g/mol. The molecule has 0 spiro atoms. The molecule has 0 fully saturated rings. The van der Waals surface area contributed by atoms with Crippen molar-refractivity contribution in [3.8, 4) is 17.2 Å². The summed E-state index contributed by atoms with van der Waals surface area (Å²) in [6.45, 7) is 8.82. The van der Waals surface area contributed by atoms with E-state index < -0.39 is 0 Å². The summed E-state index contributed by atoms with van der Waals surface area (Å²) < 4.78 is 11.6. The number of carbonyl (C=O) groups is 1. The van der Waals surface area contributed by atoms with Crippen molar-refractivity contribution in [1.82, 2.24) is 4.98 Å². The van der Waals surface area contributed by atoms with E-state index in [1.807, 2.05) is 62.4 Å². The molecule has 0 bridgehead atoms. The minimum atomic E-state index is -0.177. The molecule has 5 nitrogen and oxygen atoms in total. The number of carbonyl (C=O) groups excluding carboxylic acids is 1. The Morgan fingerprint density at radius 3 is 2.58 bits per heavy atom. The van der Waals surface area contributed by atoms with E-state index in [1.54, 1.807) is 12.1 Å². The second-order valence-electron chi connectivity index (χ2n) is 8.15. The maximum absolute atomic E-state index is 12.8. The summed E-state index contributed by atoms with van der Waals surface area (Å²) in [6, 6.07) is 18.8. The van der Waals surface area contributed by atoms with Crippen LogP contribution in [-0.2, 0) is 0 Å². The fourth-order valence-corrected chi connectivity index (χ4v) is 3.32. The van der Waals surface area contributed by atoms with E-state index in [4.69, 9.17) is 9.15 Å². The Kier molecular flexibility index (Phi) is 5.76. The van der Waals surface area contributed by atoms with Gasteiger partial charge < -0.3 is 14.5 Å². The van der Waals surface area contributed by atoms with Crippen molar-refractivity contribution in [2.24, 2.45) is 5.92 Å². The zero-order valence-corrected chi connectivity index (χ0v) is 18.2. The fraction of sp³-hybridized carbons (Fsp3) is 0.231. The lowest BCUT2D eigenvalue weighted by molar-refractivity contribution is 0.102. The number of benzene rings is 3. The number of amides is 1. The molecule has 0 radical (unpaired) electrons. The summed E-state index contributed by atoms with van der Waals surface area (Å²) in [7, 11) is 0. The van der Waals surface area contributed by atoms with E-state index in [9.17, 15) is 4.79 Å². The molecule has 1 amide bonds. The first-order chi connectivity index (χ1) is 14.9. The highest BCUT2D eigenvalue weighted by Gasteiger charge is 2.15. The molecule has 0 saturated carbocycles. The molecule has 4 rings (SSSR count). The van der Waals surface area contributed by atoms with Gasteiger partial charge in [-0.2, -0.15) is 0 Å². The molecule has 0 aliphatic carbocycles. The quantitative estimate of drug-likeness (QED) is 0.396. The number of anilines is 1. The van der Waals surface area contributed by atoms with Gasteiger partial charge in [0, 0.05) is 16.8 Å². The van der Waals surface area contributed by atoms with Crippen LogP contribution in [0, 0.1) is 19.8 Å². The summed E-state index contributed by atoms with van der Waals surface area (Å²) in [5.74, 6) is 1.57. The molecule has 0 aliphatic rings. The van der Waals surface area contributed by atoms with Crippen LogP contribution >= 0.6 is 0 Å². The summed E-state index contributed by atoms with van der Waals surface area (Å²) in [4.78, 5) is 17.4. The van der Waals surface area contributed by atoms with Gasteiger partial charge in [-0.1, -0.05) is 26.0 Å². The first kappa shape index (κ1) is 20.7. The van der Waals surface area contributed by atoms with Crippen LogP contribution in [0.3, 0.4) is 0 Å². The molecule has 1 aromatic heterocycles. The normalized spacial score (nSPS) is 11.1. The van der Waals surface area contributed by atoms with Crippen LogP contribution in [0.2, 0.25) is 0 Å². The molecule has 4 aromatic rings. The topological polar surface area (TPSA) is 64.4 Å². The Hall–Kier alpha value is -3.60. The zero-order chi connectivity index (χ0) is 22.0. The lowest BCUT2D eigenvalue weighted by Gasteiger charge is -2.12. The van der Waals surface area contributed by atoms with Gasteiger partial charge in [0.25, 0.3) is 5.91 Å². The summed E-state index contributed by atoms with van der Waals surface area (Å²) in [5.41, 5.74) is 5.74. The third-order valence-corrected chi connectivity index (χ3v) is 5.06. The summed E-state index contributed by atoms with van der Waals surface area (Å²) in [5, 5.41) is 3.00. The van der Waals surface area contributed by atoms with Crippen LogP contribution in [0.25, 0.3) is 22.6 Å². The second-order valence-corrected chi connectivity index (χ2v) is 8.15. The molecule has 5 heteroatoms. The second kappa shape index (κ2) is 8.64. The summed E-state index contributed by atoms with van der Waals surface area (Å²) >= 11 is 0. The molecule has 158 valence electrons. The van der Waals surface area contributed by atoms with Crippen molar-refractivity contribution in [3.05, 3.63) is 77.4 Å². The first-order valence-corrected chi connectivity index (χ1v) is 10.4. The van der Waals surface area contributed by atoms with Crippen LogP contribution in [0.4, 0.5) is 5.69 Å². The number of ether oxygens (including phenoxy) is 1. The van der Waals surface area contributed by atoms with Crippen LogP contribution < -0.4 is 10.1 Å². The van der Waals surface area contributed by atoms with E-state index in [1.165, 1.54) is 0 Å². The lowest BCUT2D eigenvalue weighted by Crippen LogP contribution is -2.13. The van der Waals surface area contributed by atoms with Crippen LogP contribution in [-0.4, -0.2) is 17.5 Å². The third kappa shape index (κ3) is 4.61. The Morgan fingerprint density at radius 1 is 1.06 bits per heavy atom. The number of hydrogen-bond donors (Lipinski definition) is 1. The third-order valence-electron chi connectivity index (χ3n) is 5.06. The van der Waals surface area contributed by atoms with E-state index in [0.717, 1.165) is 39.2 Å². The first-order valence-electron chi connectivity index (χ1n) is 10.4. The van der Waals surface area contributed by atoms with Crippen LogP contribution in [0.15, 0.2) is 65.1 Å². The summed E-state index contributed by atoms with van der Waals surface area (Å²) in [6.07, 6.45) is 0. The number of nitrogens with one attached hydrogen (secondary N) is 1. The van der Waals surface area contributed by atoms with Gasteiger partial charge >= 0.3 is 0 Å². The monoisotopic (exact) mass is 414 g/mol. The Bertz CT molecular complexity index is 1220. The Labute approximate surface area is 182 Å². The van der Waals surface area contributed by atoms with Gasteiger partial charge in [-0.15, -0.1) is 0 Å². The average molecular weight is 415 g/mol. The predicted octanol–water partition coefficient (Wildman–Crippen LogP) is 6.40. The van der Waals surface area contributed by atoms with E-state index >= 15 is 0 Å². The molecule has 31 heavy (non-hydrogen) atoms. The van der Waals surface area contributed by atoms with E-state index in [-0.39, 0.29) is 5.91 Å². The molecule has 1 heterocycles. The smallest absolute Gasteiger partial charge is 0.255 e. The minimum Gasteiger partial charge on any atom is -0.493 e. The SMILES string of the molecule is Cc1ccc2oc(-c3cccc(NC(=O)c4ccc(OCC(C)C)cc4)c3C)nc2c1. The van der Waals surface area contributed by atoms with Gasteiger partial charge in [-0.05, 0) is 79.4 Å². The van der Waals surface area contributed by atoms with Crippen molar-refractivity contribution in [3.63, 3.8) is 0 Å². The molecule has 3 aromatic carbocycles.